The molecule has 0 spiro atoms. The molecule has 63 heavy (non-hydrogen) atoms. The van der Waals surface area contributed by atoms with Gasteiger partial charge in [-0.05, 0) is 70.6 Å². The van der Waals surface area contributed by atoms with Gasteiger partial charge < -0.3 is 20.3 Å². The largest absolute Gasteiger partial charge is 0.466 e. The summed E-state index contributed by atoms with van der Waals surface area (Å²) in [7, 11) is 0. The summed E-state index contributed by atoms with van der Waals surface area (Å²) in [4.78, 5) is 24.5. The highest BCUT2D eigenvalue weighted by Gasteiger charge is 2.19. The minimum Gasteiger partial charge on any atom is -0.466 e. The van der Waals surface area contributed by atoms with Crippen molar-refractivity contribution in [2.75, 3.05) is 13.2 Å². The number of carbonyl (C=O) groups excluding carboxylic acids is 2. The average molecular weight is 886 g/mol. The molecule has 0 heterocycles. The van der Waals surface area contributed by atoms with Gasteiger partial charge in [-0.3, -0.25) is 9.59 Å². The number of rotatable bonds is 51. The van der Waals surface area contributed by atoms with Gasteiger partial charge in [-0.2, -0.15) is 0 Å². The first-order chi connectivity index (χ1) is 31.0. The molecule has 0 rings (SSSR count). The van der Waals surface area contributed by atoms with E-state index in [2.05, 4.69) is 49.5 Å². The molecule has 0 aliphatic heterocycles. The molecule has 0 aromatic rings. The van der Waals surface area contributed by atoms with Crippen LogP contribution in [-0.2, 0) is 14.3 Å². The van der Waals surface area contributed by atoms with Gasteiger partial charge in [0.1, 0.15) is 0 Å². The molecule has 370 valence electrons. The maximum absolute atomic E-state index is 12.4. The summed E-state index contributed by atoms with van der Waals surface area (Å²) in [6, 6.07) is -0.586. The van der Waals surface area contributed by atoms with Crippen molar-refractivity contribution in [1.82, 2.24) is 5.32 Å². The second-order valence-electron chi connectivity index (χ2n) is 18.9. The van der Waals surface area contributed by atoms with Gasteiger partial charge in [-0.15, -0.1) is 0 Å². The van der Waals surface area contributed by atoms with Gasteiger partial charge in [0.05, 0.1) is 25.4 Å². The molecular formula is C57H107NO5. The number of aliphatic hydroxyl groups excluding tert-OH is 2. The number of aliphatic hydroxyl groups is 2. The van der Waals surface area contributed by atoms with E-state index in [1.807, 2.05) is 6.08 Å². The predicted octanol–water partition coefficient (Wildman–Crippen LogP) is 16.9. The number of ether oxygens (including phenoxy) is 1. The Morgan fingerprint density at radius 3 is 1.25 bits per heavy atom. The Morgan fingerprint density at radius 1 is 0.444 bits per heavy atom. The molecule has 0 fully saturated rings. The van der Waals surface area contributed by atoms with E-state index in [1.165, 1.54) is 199 Å². The lowest BCUT2D eigenvalue weighted by molar-refractivity contribution is -0.143. The fraction of sp³-hybridized carbons (Fsp3) is 0.860. The lowest BCUT2D eigenvalue weighted by atomic mass is 10.0. The number of carbonyl (C=O) groups is 2. The number of hydrogen-bond acceptors (Lipinski definition) is 5. The molecule has 2 unspecified atom stereocenters. The van der Waals surface area contributed by atoms with Gasteiger partial charge in [0.15, 0.2) is 0 Å². The fourth-order valence-corrected chi connectivity index (χ4v) is 8.39. The molecule has 0 saturated heterocycles. The SMILES string of the molecule is CCCCCCCC/C=C\CCCCCCCCCC(=O)OCCCCCCCC/C=C\C/C=C\CCC(=O)NC(CO)C(O)CCCCCCCCCCCCCCCCCC. The summed E-state index contributed by atoms with van der Waals surface area (Å²) in [5.74, 6) is -0.135. The minimum absolute atomic E-state index is 0.0204. The zero-order chi connectivity index (χ0) is 45.8. The van der Waals surface area contributed by atoms with Crippen molar-refractivity contribution in [3.63, 3.8) is 0 Å². The molecule has 0 aromatic carbocycles. The van der Waals surface area contributed by atoms with E-state index < -0.39 is 12.1 Å². The minimum atomic E-state index is -0.699. The van der Waals surface area contributed by atoms with Crippen molar-refractivity contribution in [1.29, 1.82) is 0 Å². The van der Waals surface area contributed by atoms with Crippen LogP contribution in [0.15, 0.2) is 36.5 Å². The number of hydrogen-bond donors (Lipinski definition) is 3. The summed E-state index contributed by atoms with van der Waals surface area (Å²) < 4.78 is 5.46. The molecule has 0 radical (unpaired) electrons. The van der Waals surface area contributed by atoms with Crippen molar-refractivity contribution in [3.8, 4) is 0 Å². The molecule has 3 N–H and O–H groups in total. The van der Waals surface area contributed by atoms with Crippen molar-refractivity contribution in [2.45, 2.75) is 302 Å². The molecule has 6 nitrogen and oxygen atoms in total. The maximum atomic E-state index is 12.4. The molecule has 0 aliphatic carbocycles. The number of amides is 1. The van der Waals surface area contributed by atoms with Crippen LogP contribution < -0.4 is 5.32 Å². The van der Waals surface area contributed by atoms with E-state index in [-0.39, 0.29) is 18.5 Å². The third kappa shape index (κ3) is 49.4. The second-order valence-corrected chi connectivity index (χ2v) is 18.9. The first kappa shape index (κ1) is 61.1. The lowest BCUT2D eigenvalue weighted by Crippen LogP contribution is -2.45. The van der Waals surface area contributed by atoms with Gasteiger partial charge >= 0.3 is 5.97 Å². The highest BCUT2D eigenvalue weighted by molar-refractivity contribution is 5.76. The van der Waals surface area contributed by atoms with Gasteiger partial charge in [0.25, 0.3) is 0 Å². The van der Waals surface area contributed by atoms with E-state index >= 15 is 0 Å². The summed E-state index contributed by atoms with van der Waals surface area (Å²) in [6.45, 7) is 4.89. The normalized spacial score (nSPS) is 12.9. The zero-order valence-corrected chi connectivity index (χ0v) is 42.1. The smallest absolute Gasteiger partial charge is 0.305 e. The monoisotopic (exact) mass is 886 g/mol. The van der Waals surface area contributed by atoms with Crippen LogP contribution in [0, 0.1) is 0 Å². The Morgan fingerprint density at radius 2 is 0.810 bits per heavy atom. The van der Waals surface area contributed by atoms with Crippen molar-refractivity contribution in [2.24, 2.45) is 0 Å². The fourth-order valence-electron chi connectivity index (χ4n) is 8.39. The van der Waals surface area contributed by atoms with Crippen molar-refractivity contribution >= 4 is 11.9 Å². The molecule has 1 amide bonds. The van der Waals surface area contributed by atoms with Crippen LogP contribution in [0.3, 0.4) is 0 Å². The molecule has 0 bridgehead atoms. The Kier molecular flexibility index (Phi) is 51.1. The Labute approximate surface area is 392 Å². The third-order valence-corrected chi connectivity index (χ3v) is 12.7. The average Bonchev–Trinajstić information content (AvgIpc) is 3.28. The summed E-state index contributed by atoms with van der Waals surface area (Å²) in [6.07, 6.45) is 64.2. The maximum Gasteiger partial charge on any atom is 0.305 e. The molecule has 6 heteroatoms. The topological polar surface area (TPSA) is 95.9 Å². The molecular weight excluding hydrogens is 779 g/mol. The molecule has 0 aliphatic rings. The standard InChI is InChI=1S/C57H107NO5/c1-3-5-7-9-11-13-15-17-19-21-23-27-31-35-39-43-47-51-57(62)63-52-48-44-40-36-32-28-24-26-30-34-38-42-46-50-56(61)58-54(53-59)55(60)49-45-41-37-33-29-25-22-20-18-16-14-12-10-8-6-4-2/h17,19,26,30,38,42,54-55,59-60H,3-16,18,20-25,27-29,31-37,39-41,43-53H2,1-2H3,(H,58,61)/b19-17-,30-26-,42-38-. The van der Waals surface area contributed by atoms with E-state index in [4.69, 9.17) is 4.74 Å². The summed E-state index contributed by atoms with van der Waals surface area (Å²) in [5.41, 5.74) is 0. The Balaban J connectivity index is 3.54. The van der Waals surface area contributed by atoms with Gasteiger partial charge in [0, 0.05) is 12.8 Å². The van der Waals surface area contributed by atoms with Crippen LogP contribution in [0.4, 0.5) is 0 Å². The lowest BCUT2D eigenvalue weighted by Gasteiger charge is -2.22. The van der Waals surface area contributed by atoms with Crippen LogP contribution in [0.1, 0.15) is 290 Å². The Bertz CT molecular complexity index is 1020. The van der Waals surface area contributed by atoms with Crippen LogP contribution >= 0.6 is 0 Å². The van der Waals surface area contributed by atoms with Crippen LogP contribution in [0.5, 0.6) is 0 Å². The number of nitrogens with one attached hydrogen (secondary N) is 1. The number of esters is 1. The molecule has 0 aromatic heterocycles. The second kappa shape index (κ2) is 52.7. The van der Waals surface area contributed by atoms with Crippen molar-refractivity contribution in [3.05, 3.63) is 36.5 Å². The zero-order valence-electron chi connectivity index (χ0n) is 42.1. The van der Waals surface area contributed by atoms with Crippen LogP contribution in [-0.4, -0.2) is 47.4 Å². The molecule has 0 saturated carbocycles. The van der Waals surface area contributed by atoms with E-state index in [0.29, 0.717) is 32.3 Å². The number of unbranched alkanes of at least 4 members (excludes halogenated alkanes) is 34. The third-order valence-electron chi connectivity index (χ3n) is 12.7. The Hall–Kier alpha value is -1.92. The van der Waals surface area contributed by atoms with E-state index in [1.54, 1.807) is 0 Å². The summed E-state index contributed by atoms with van der Waals surface area (Å²) >= 11 is 0. The summed E-state index contributed by atoms with van der Waals surface area (Å²) in [5, 5.41) is 23.2. The van der Waals surface area contributed by atoms with Crippen molar-refractivity contribution < 1.29 is 24.5 Å². The molecule has 2 atom stereocenters. The predicted molar refractivity (Wildman–Crippen MR) is 273 cm³/mol. The van der Waals surface area contributed by atoms with Gasteiger partial charge in [-0.25, -0.2) is 0 Å². The van der Waals surface area contributed by atoms with Gasteiger partial charge in [0.2, 0.25) is 5.91 Å². The number of allylic oxidation sites excluding steroid dienone is 6. The van der Waals surface area contributed by atoms with Crippen LogP contribution in [0.25, 0.3) is 0 Å². The first-order valence-corrected chi connectivity index (χ1v) is 27.7. The van der Waals surface area contributed by atoms with E-state index in [9.17, 15) is 19.8 Å². The van der Waals surface area contributed by atoms with Gasteiger partial charge in [-0.1, -0.05) is 243 Å². The van der Waals surface area contributed by atoms with E-state index in [0.717, 1.165) is 51.4 Å². The quantitative estimate of drug-likeness (QED) is 0.0321. The van der Waals surface area contributed by atoms with Crippen LogP contribution in [0.2, 0.25) is 0 Å². The highest BCUT2D eigenvalue weighted by atomic mass is 16.5. The highest BCUT2D eigenvalue weighted by Crippen LogP contribution is 2.16. The first-order valence-electron chi connectivity index (χ1n) is 27.7.